The van der Waals surface area contributed by atoms with E-state index in [1.807, 2.05) is 37.3 Å². The van der Waals surface area contributed by atoms with Crippen molar-refractivity contribution in [1.29, 1.82) is 0 Å². The molecule has 0 amide bonds. The molecule has 0 radical (unpaired) electrons. The van der Waals surface area contributed by atoms with Crippen LogP contribution in [-0.2, 0) is 9.53 Å². The van der Waals surface area contributed by atoms with E-state index in [1.54, 1.807) is 0 Å². The van der Waals surface area contributed by atoms with E-state index in [-0.39, 0.29) is 0 Å². The van der Waals surface area contributed by atoms with Gasteiger partial charge < -0.3 is 9.84 Å². The molecule has 3 nitrogen and oxygen atoms in total. The Labute approximate surface area is 102 Å². The number of hydrogen-bond acceptors (Lipinski definition) is 2. The quantitative estimate of drug-likeness (QED) is 0.706. The Morgan fingerprint density at radius 3 is 2.59 bits per heavy atom. The van der Waals surface area contributed by atoms with Crippen molar-refractivity contribution in [2.24, 2.45) is 0 Å². The third-order valence-electron chi connectivity index (χ3n) is 2.74. The van der Waals surface area contributed by atoms with Gasteiger partial charge >= 0.3 is 5.97 Å². The molecule has 0 aliphatic rings. The summed E-state index contributed by atoms with van der Waals surface area (Å²) in [6.07, 6.45) is 2.47. The normalized spacial score (nSPS) is 12.3. The van der Waals surface area contributed by atoms with E-state index in [0.717, 1.165) is 31.6 Å². The second kappa shape index (κ2) is 7.85. The van der Waals surface area contributed by atoms with E-state index >= 15 is 0 Å². The van der Waals surface area contributed by atoms with E-state index in [9.17, 15) is 9.90 Å². The highest BCUT2D eigenvalue weighted by Gasteiger charge is 2.18. The molecule has 1 N–H and O–H groups in total. The summed E-state index contributed by atoms with van der Waals surface area (Å²) in [6.45, 7) is 3.41. The Morgan fingerprint density at radius 1 is 1.29 bits per heavy atom. The SMILES string of the molecule is CCOCCCCC(C(=O)O)c1ccccc1. The molecule has 0 saturated heterocycles. The molecule has 1 unspecified atom stereocenters. The Balaban J connectivity index is 2.42. The number of carboxylic acids is 1. The molecule has 1 atom stereocenters. The molecule has 0 aliphatic carbocycles. The van der Waals surface area contributed by atoms with Crippen molar-refractivity contribution in [2.75, 3.05) is 13.2 Å². The van der Waals surface area contributed by atoms with Crippen molar-refractivity contribution >= 4 is 5.97 Å². The first kappa shape index (κ1) is 13.7. The molecule has 1 aromatic carbocycles. The van der Waals surface area contributed by atoms with Gasteiger partial charge in [-0.1, -0.05) is 30.3 Å². The zero-order valence-corrected chi connectivity index (χ0v) is 10.3. The number of unbranched alkanes of at least 4 members (excludes halogenated alkanes) is 1. The van der Waals surface area contributed by atoms with E-state index in [2.05, 4.69) is 0 Å². The summed E-state index contributed by atoms with van der Waals surface area (Å²) in [5.41, 5.74) is 0.886. The summed E-state index contributed by atoms with van der Waals surface area (Å²) < 4.78 is 5.23. The summed E-state index contributed by atoms with van der Waals surface area (Å²) in [6, 6.07) is 9.41. The zero-order chi connectivity index (χ0) is 12.5. The van der Waals surface area contributed by atoms with Gasteiger partial charge in [-0.2, -0.15) is 0 Å². The fourth-order valence-electron chi connectivity index (χ4n) is 1.81. The lowest BCUT2D eigenvalue weighted by Crippen LogP contribution is -2.11. The summed E-state index contributed by atoms with van der Waals surface area (Å²) in [4.78, 5) is 11.2. The van der Waals surface area contributed by atoms with Crippen LogP contribution in [0.4, 0.5) is 0 Å². The van der Waals surface area contributed by atoms with Crippen molar-refractivity contribution < 1.29 is 14.6 Å². The topological polar surface area (TPSA) is 46.5 Å². The Bertz CT molecular complexity index is 321. The maximum Gasteiger partial charge on any atom is 0.310 e. The minimum absolute atomic E-state index is 0.391. The predicted octanol–water partition coefficient (Wildman–Crippen LogP) is 3.06. The first-order chi connectivity index (χ1) is 8.25. The summed E-state index contributed by atoms with van der Waals surface area (Å²) in [7, 11) is 0. The van der Waals surface area contributed by atoms with Crippen LogP contribution >= 0.6 is 0 Å². The van der Waals surface area contributed by atoms with Crippen LogP contribution in [0, 0.1) is 0 Å². The van der Waals surface area contributed by atoms with E-state index < -0.39 is 11.9 Å². The van der Waals surface area contributed by atoms with Gasteiger partial charge in [0.2, 0.25) is 0 Å². The highest BCUT2D eigenvalue weighted by molar-refractivity contribution is 5.75. The van der Waals surface area contributed by atoms with Gasteiger partial charge in [-0.15, -0.1) is 0 Å². The van der Waals surface area contributed by atoms with Crippen LogP contribution in [0.2, 0.25) is 0 Å². The molecule has 0 heterocycles. The van der Waals surface area contributed by atoms with Crippen LogP contribution in [0.15, 0.2) is 30.3 Å². The molecule has 0 aromatic heterocycles. The van der Waals surface area contributed by atoms with Gasteiger partial charge in [-0.05, 0) is 31.7 Å². The Kier molecular flexibility index (Phi) is 6.33. The molecule has 0 spiro atoms. The monoisotopic (exact) mass is 236 g/mol. The van der Waals surface area contributed by atoms with Crippen molar-refractivity contribution in [1.82, 2.24) is 0 Å². The van der Waals surface area contributed by atoms with Gasteiger partial charge in [0.1, 0.15) is 0 Å². The minimum atomic E-state index is -0.743. The van der Waals surface area contributed by atoms with Gasteiger partial charge in [0.15, 0.2) is 0 Å². The number of carboxylic acid groups (broad SMARTS) is 1. The standard InChI is InChI=1S/C14H20O3/c1-2-17-11-7-6-10-13(14(15)16)12-8-4-3-5-9-12/h3-5,8-9,13H,2,6-7,10-11H2,1H3,(H,15,16). The van der Waals surface area contributed by atoms with Crippen LogP contribution in [0.3, 0.4) is 0 Å². The molecule has 1 aromatic rings. The van der Waals surface area contributed by atoms with Gasteiger partial charge in [0, 0.05) is 13.2 Å². The fraction of sp³-hybridized carbons (Fsp3) is 0.500. The average molecular weight is 236 g/mol. The largest absolute Gasteiger partial charge is 0.481 e. The number of ether oxygens (including phenoxy) is 1. The summed E-state index contributed by atoms with van der Waals surface area (Å²) in [5, 5.41) is 9.20. The third kappa shape index (κ3) is 5.00. The van der Waals surface area contributed by atoms with Gasteiger partial charge in [0.25, 0.3) is 0 Å². The summed E-state index contributed by atoms with van der Waals surface area (Å²) >= 11 is 0. The van der Waals surface area contributed by atoms with Crippen LogP contribution in [0.1, 0.15) is 37.7 Å². The van der Waals surface area contributed by atoms with Gasteiger partial charge in [-0.25, -0.2) is 0 Å². The number of rotatable bonds is 8. The van der Waals surface area contributed by atoms with Crippen molar-refractivity contribution in [2.45, 2.75) is 32.1 Å². The number of carbonyl (C=O) groups is 1. The highest BCUT2D eigenvalue weighted by atomic mass is 16.5. The average Bonchev–Trinajstić information content (AvgIpc) is 2.34. The zero-order valence-electron chi connectivity index (χ0n) is 10.3. The maximum absolute atomic E-state index is 11.2. The molecular formula is C14H20O3. The lowest BCUT2D eigenvalue weighted by atomic mass is 9.94. The summed E-state index contributed by atoms with van der Waals surface area (Å²) in [5.74, 6) is -1.13. The van der Waals surface area contributed by atoms with Crippen molar-refractivity contribution in [3.8, 4) is 0 Å². The van der Waals surface area contributed by atoms with Crippen LogP contribution < -0.4 is 0 Å². The fourth-order valence-corrected chi connectivity index (χ4v) is 1.81. The second-order valence-electron chi connectivity index (χ2n) is 3.99. The van der Waals surface area contributed by atoms with Crippen molar-refractivity contribution in [3.05, 3.63) is 35.9 Å². The lowest BCUT2D eigenvalue weighted by Gasteiger charge is -2.12. The smallest absolute Gasteiger partial charge is 0.310 e. The van der Waals surface area contributed by atoms with Crippen LogP contribution in [0.5, 0.6) is 0 Å². The van der Waals surface area contributed by atoms with Crippen LogP contribution in [0.25, 0.3) is 0 Å². The first-order valence-corrected chi connectivity index (χ1v) is 6.11. The molecule has 0 fully saturated rings. The predicted molar refractivity (Wildman–Crippen MR) is 67.2 cm³/mol. The number of aliphatic carboxylic acids is 1. The number of hydrogen-bond donors (Lipinski definition) is 1. The molecular weight excluding hydrogens is 216 g/mol. The molecule has 17 heavy (non-hydrogen) atoms. The van der Waals surface area contributed by atoms with E-state index in [4.69, 9.17) is 4.74 Å². The minimum Gasteiger partial charge on any atom is -0.481 e. The molecule has 3 heteroatoms. The van der Waals surface area contributed by atoms with Crippen LogP contribution in [-0.4, -0.2) is 24.3 Å². The Hall–Kier alpha value is -1.35. The first-order valence-electron chi connectivity index (χ1n) is 6.11. The number of benzene rings is 1. The lowest BCUT2D eigenvalue weighted by molar-refractivity contribution is -0.139. The molecule has 0 aliphatic heterocycles. The Morgan fingerprint density at radius 2 is 2.00 bits per heavy atom. The van der Waals surface area contributed by atoms with Crippen molar-refractivity contribution in [3.63, 3.8) is 0 Å². The molecule has 0 bridgehead atoms. The van der Waals surface area contributed by atoms with Gasteiger partial charge in [-0.3, -0.25) is 4.79 Å². The van der Waals surface area contributed by atoms with E-state index in [1.165, 1.54) is 0 Å². The molecule has 0 saturated carbocycles. The molecule has 94 valence electrons. The van der Waals surface area contributed by atoms with E-state index in [0.29, 0.717) is 6.42 Å². The highest BCUT2D eigenvalue weighted by Crippen LogP contribution is 2.22. The maximum atomic E-state index is 11.2. The third-order valence-corrected chi connectivity index (χ3v) is 2.74. The molecule has 1 rings (SSSR count). The van der Waals surface area contributed by atoms with Gasteiger partial charge in [0.05, 0.1) is 5.92 Å². The second-order valence-corrected chi connectivity index (χ2v) is 3.99.